The van der Waals surface area contributed by atoms with Gasteiger partial charge in [0.2, 0.25) is 5.91 Å². The Morgan fingerprint density at radius 3 is 2.48 bits per heavy atom. The quantitative estimate of drug-likeness (QED) is 0.775. The molecule has 1 atom stereocenters. The van der Waals surface area contributed by atoms with Crippen LogP contribution in [0.1, 0.15) is 43.6 Å². The van der Waals surface area contributed by atoms with E-state index in [9.17, 15) is 14.0 Å². The summed E-state index contributed by atoms with van der Waals surface area (Å²) in [6.45, 7) is 9.00. The molecular weight excluding hydrogens is 301 g/mol. The number of alkyl carbamates (subject to hydrolysis) is 1. The Hall–Kier alpha value is -2.31. The van der Waals surface area contributed by atoms with Gasteiger partial charge >= 0.3 is 6.09 Å². The number of anilines is 1. The molecule has 0 aliphatic rings. The van der Waals surface area contributed by atoms with Crippen molar-refractivity contribution in [3.05, 3.63) is 29.1 Å². The van der Waals surface area contributed by atoms with Gasteiger partial charge < -0.3 is 21.1 Å². The van der Waals surface area contributed by atoms with Gasteiger partial charge in [0.25, 0.3) is 0 Å². The van der Waals surface area contributed by atoms with Crippen LogP contribution in [0.15, 0.2) is 12.1 Å². The van der Waals surface area contributed by atoms with Crippen molar-refractivity contribution < 1.29 is 18.7 Å². The number of nitrogens with two attached hydrogens (primary N) is 1. The fourth-order valence-electron chi connectivity index (χ4n) is 1.84. The van der Waals surface area contributed by atoms with E-state index >= 15 is 0 Å². The van der Waals surface area contributed by atoms with E-state index in [1.807, 2.05) is 6.92 Å². The standard InChI is InChI=1S/C16H24FN3O3/c1-9(8-19-15(22)23-16(3,4)5)20-13-7-11(14(18)21)6-12(17)10(13)2/h6-7,9,20H,8H2,1-5H3,(H2,18,21)(H,19,22). The Morgan fingerprint density at radius 1 is 1.35 bits per heavy atom. The molecule has 0 aliphatic heterocycles. The van der Waals surface area contributed by atoms with Crippen molar-refractivity contribution in [2.45, 2.75) is 46.3 Å². The van der Waals surface area contributed by atoms with Crippen LogP contribution < -0.4 is 16.4 Å². The van der Waals surface area contributed by atoms with Gasteiger partial charge in [-0.3, -0.25) is 4.79 Å². The first kappa shape index (κ1) is 18.7. The van der Waals surface area contributed by atoms with Crippen LogP contribution in [-0.2, 0) is 4.74 Å². The molecule has 0 saturated heterocycles. The zero-order valence-electron chi connectivity index (χ0n) is 14.1. The number of halogens is 1. The molecule has 2 amide bonds. The number of carbonyl (C=O) groups excluding carboxylic acids is 2. The molecule has 6 nitrogen and oxygen atoms in total. The minimum absolute atomic E-state index is 0.0860. The van der Waals surface area contributed by atoms with Crippen LogP contribution in [0.4, 0.5) is 14.9 Å². The van der Waals surface area contributed by atoms with Gasteiger partial charge in [0.15, 0.2) is 0 Å². The molecule has 0 radical (unpaired) electrons. The third-order valence-corrected chi connectivity index (χ3v) is 2.98. The van der Waals surface area contributed by atoms with E-state index in [-0.39, 0.29) is 18.2 Å². The van der Waals surface area contributed by atoms with Crippen LogP contribution in [0.2, 0.25) is 0 Å². The average Bonchev–Trinajstić information content (AvgIpc) is 2.39. The summed E-state index contributed by atoms with van der Waals surface area (Å²) in [6, 6.07) is 2.39. The van der Waals surface area contributed by atoms with Crippen LogP contribution >= 0.6 is 0 Å². The summed E-state index contributed by atoms with van der Waals surface area (Å²) in [5, 5.41) is 5.67. The zero-order valence-corrected chi connectivity index (χ0v) is 14.1. The highest BCUT2D eigenvalue weighted by Crippen LogP contribution is 2.21. The fourth-order valence-corrected chi connectivity index (χ4v) is 1.84. The third-order valence-electron chi connectivity index (χ3n) is 2.98. The average molecular weight is 325 g/mol. The predicted molar refractivity (Wildman–Crippen MR) is 87.0 cm³/mol. The molecule has 4 N–H and O–H groups in total. The molecule has 1 rings (SSSR count). The van der Waals surface area contributed by atoms with Gasteiger partial charge in [0, 0.05) is 29.4 Å². The second-order valence-corrected chi connectivity index (χ2v) is 6.42. The van der Waals surface area contributed by atoms with E-state index in [2.05, 4.69) is 10.6 Å². The van der Waals surface area contributed by atoms with Crippen LogP contribution in [0, 0.1) is 12.7 Å². The van der Waals surface area contributed by atoms with Gasteiger partial charge in [-0.05, 0) is 46.8 Å². The van der Waals surface area contributed by atoms with Crippen molar-refractivity contribution in [3.8, 4) is 0 Å². The van der Waals surface area contributed by atoms with Gasteiger partial charge in [-0.15, -0.1) is 0 Å². The zero-order chi connectivity index (χ0) is 17.8. The summed E-state index contributed by atoms with van der Waals surface area (Å²) in [5.41, 5.74) is 5.53. The van der Waals surface area contributed by atoms with Crippen molar-refractivity contribution in [1.82, 2.24) is 5.32 Å². The van der Waals surface area contributed by atoms with Crippen molar-refractivity contribution in [3.63, 3.8) is 0 Å². The maximum absolute atomic E-state index is 13.8. The third kappa shape index (κ3) is 6.14. The van der Waals surface area contributed by atoms with Crippen molar-refractivity contribution in [2.75, 3.05) is 11.9 Å². The van der Waals surface area contributed by atoms with Crippen LogP contribution in [0.5, 0.6) is 0 Å². The van der Waals surface area contributed by atoms with Crippen molar-refractivity contribution in [2.24, 2.45) is 5.73 Å². The van der Waals surface area contributed by atoms with Crippen LogP contribution in [0.3, 0.4) is 0 Å². The summed E-state index contributed by atoms with van der Waals surface area (Å²) in [5.74, 6) is -1.22. The highest BCUT2D eigenvalue weighted by Gasteiger charge is 2.17. The monoisotopic (exact) mass is 325 g/mol. The van der Waals surface area contributed by atoms with E-state index in [4.69, 9.17) is 10.5 Å². The minimum Gasteiger partial charge on any atom is -0.444 e. The highest BCUT2D eigenvalue weighted by atomic mass is 19.1. The van der Waals surface area contributed by atoms with E-state index in [0.29, 0.717) is 11.3 Å². The number of hydrogen-bond acceptors (Lipinski definition) is 4. The molecule has 0 heterocycles. The molecule has 0 aromatic heterocycles. The Morgan fingerprint density at radius 2 is 1.96 bits per heavy atom. The second kappa shape index (κ2) is 7.30. The molecule has 1 unspecified atom stereocenters. The number of ether oxygens (including phenoxy) is 1. The first-order valence-corrected chi connectivity index (χ1v) is 7.33. The summed E-state index contributed by atoms with van der Waals surface area (Å²) in [7, 11) is 0. The smallest absolute Gasteiger partial charge is 0.407 e. The Bertz CT molecular complexity index is 597. The normalized spacial score (nSPS) is 12.4. The lowest BCUT2D eigenvalue weighted by molar-refractivity contribution is 0.0526. The number of nitrogens with one attached hydrogen (secondary N) is 2. The van der Waals surface area contributed by atoms with Crippen molar-refractivity contribution >= 4 is 17.7 Å². The van der Waals surface area contributed by atoms with E-state index < -0.39 is 23.4 Å². The minimum atomic E-state index is -0.702. The lowest BCUT2D eigenvalue weighted by Gasteiger charge is -2.22. The fraction of sp³-hybridized carbons (Fsp3) is 0.500. The number of primary amides is 1. The van der Waals surface area contributed by atoms with Gasteiger partial charge in [0.05, 0.1) is 0 Å². The van der Waals surface area contributed by atoms with Gasteiger partial charge in [-0.2, -0.15) is 0 Å². The maximum atomic E-state index is 13.8. The van der Waals surface area contributed by atoms with E-state index in [0.717, 1.165) is 6.07 Å². The van der Waals surface area contributed by atoms with E-state index in [1.54, 1.807) is 27.7 Å². The molecular formula is C16H24FN3O3. The lowest BCUT2D eigenvalue weighted by atomic mass is 10.1. The van der Waals surface area contributed by atoms with Gasteiger partial charge in [0.1, 0.15) is 11.4 Å². The molecule has 1 aromatic carbocycles. The summed E-state index contributed by atoms with van der Waals surface area (Å²) in [4.78, 5) is 22.8. The molecule has 7 heteroatoms. The Labute approximate surface area is 135 Å². The second-order valence-electron chi connectivity index (χ2n) is 6.42. The summed E-state index contributed by atoms with van der Waals surface area (Å²) in [6.07, 6.45) is -0.528. The number of benzene rings is 1. The Balaban J connectivity index is 2.69. The predicted octanol–water partition coefficient (Wildman–Crippen LogP) is 2.56. The first-order chi connectivity index (χ1) is 10.5. The first-order valence-electron chi connectivity index (χ1n) is 7.33. The van der Waals surface area contributed by atoms with Gasteiger partial charge in [-0.25, -0.2) is 9.18 Å². The molecule has 0 fully saturated rings. The summed E-state index contributed by atoms with van der Waals surface area (Å²) >= 11 is 0. The van der Waals surface area contributed by atoms with Crippen LogP contribution in [-0.4, -0.2) is 30.2 Å². The maximum Gasteiger partial charge on any atom is 0.407 e. The number of rotatable bonds is 5. The van der Waals surface area contributed by atoms with E-state index in [1.165, 1.54) is 6.07 Å². The lowest BCUT2D eigenvalue weighted by Crippen LogP contribution is -2.38. The Kier molecular flexibility index (Phi) is 5.95. The molecule has 23 heavy (non-hydrogen) atoms. The molecule has 128 valence electrons. The van der Waals surface area contributed by atoms with Gasteiger partial charge in [-0.1, -0.05) is 0 Å². The molecule has 1 aromatic rings. The molecule has 0 aliphatic carbocycles. The summed E-state index contributed by atoms with van der Waals surface area (Å²) < 4.78 is 18.9. The largest absolute Gasteiger partial charge is 0.444 e. The SMILES string of the molecule is Cc1c(F)cc(C(N)=O)cc1NC(C)CNC(=O)OC(C)(C)C. The highest BCUT2D eigenvalue weighted by molar-refractivity contribution is 5.94. The van der Waals surface area contributed by atoms with Crippen LogP contribution in [0.25, 0.3) is 0 Å². The molecule has 0 spiro atoms. The topological polar surface area (TPSA) is 93.5 Å². The molecule has 0 saturated carbocycles. The molecule has 0 bridgehead atoms. The number of carbonyl (C=O) groups is 2. The number of hydrogen-bond donors (Lipinski definition) is 3. The number of amides is 2. The van der Waals surface area contributed by atoms with Crippen molar-refractivity contribution in [1.29, 1.82) is 0 Å².